The number of carbonyl (C=O) groups is 1. The first-order valence-electron chi connectivity index (χ1n) is 9.52. The summed E-state index contributed by atoms with van der Waals surface area (Å²) >= 11 is 6.04. The maximum absolute atomic E-state index is 12.7. The fourth-order valence-electron chi connectivity index (χ4n) is 3.51. The molecular formula is C21H22ClN5O2. The number of hydrogen-bond acceptors (Lipinski definition) is 4. The van der Waals surface area contributed by atoms with Crippen molar-refractivity contribution in [1.82, 2.24) is 19.8 Å². The SMILES string of the molecule is Cc1ccc(Cl)cc1NC(=O)N1CCCN(Cc2nc3ccccc3c(=O)[nH]2)C1. The molecule has 3 aromatic rings. The third kappa shape index (κ3) is 4.41. The van der Waals surface area contributed by atoms with Crippen LogP contribution in [0, 0.1) is 6.92 Å². The number of nitrogens with zero attached hydrogens (tertiary/aromatic N) is 3. The van der Waals surface area contributed by atoms with Crippen molar-refractivity contribution < 1.29 is 4.79 Å². The number of urea groups is 1. The van der Waals surface area contributed by atoms with Crippen molar-refractivity contribution in [2.24, 2.45) is 0 Å². The maximum Gasteiger partial charge on any atom is 0.322 e. The Bertz CT molecular complexity index is 1110. The fraction of sp³-hybridized carbons (Fsp3) is 0.286. The lowest BCUT2D eigenvalue weighted by Gasteiger charge is -2.35. The van der Waals surface area contributed by atoms with Gasteiger partial charge in [-0.25, -0.2) is 9.78 Å². The van der Waals surface area contributed by atoms with Crippen LogP contribution in [0.15, 0.2) is 47.3 Å². The number of halogens is 1. The first kappa shape index (κ1) is 19.4. The molecule has 1 aromatic heterocycles. The minimum absolute atomic E-state index is 0.145. The van der Waals surface area contributed by atoms with Gasteiger partial charge in [-0.2, -0.15) is 0 Å². The van der Waals surface area contributed by atoms with Crippen molar-refractivity contribution in [3.8, 4) is 0 Å². The number of anilines is 1. The van der Waals surface area contributed by atoms with E-state index < -0.39 is 0 Å². The van der Waals surface area contributed by atoms with E-state index >= 15 is 0 Å². The summed E-state index contributed by atoms with van der Waals surface area (Å²) in [6, 6.07) is 12.5. The third-order valence-electron chi connectivity index (χ3n) is 5.04. The predicted molar refractivity (Wildman–Crippen MR) is 114 cm³/mol. The number of para-hydroxylation sites is 1. The number of carbonyl (C=O) groups excluding carboxylic acids is 1. The van der Waals surface area contributed by atoms with Crippen LogP contribution in [0.1, 0.15) is 17.8 Å². The quantitative estimate of drug-likeness (QED) is 0.690. The molecule has 1 saturated heterocycles. The molecule has 0 saturated carbocycles. The average molecular weight is 412 g/mol. The zero-order chi connectivity index (χ0) is 20.4. The monoisotopic (exact) mass is 411 g/mol. The average Bonchev–Trinajstić information content (AvgIpc) is 2.71. The molecule has 2 amide bonds. The van der Waals surface area contributed by atoms with E-state index in [2.05, 4.69) is 20.2 Å². The fourth-order valence-corrected chi connectivity index (χ4v) is 3.68. The summed E-state index contributed by atoms with van der Waals surface area (Å²) in [5.74, 6) is 0.599. The summed E-state index contributed by atoms with van der Waals surface area (Å²) in [7, 11) is 0. The molecule has 0 aliphatic carbocycles. The molecule has 29 heavy (non-hydrogen) atoms. The van der Waals surface area contributed by atoms with E-state index in [1.165, 1.54) is 0 Å². The van der Waals surface area contributed by atoms with E-state index in [-0.39, 0.29) is 11.6 Å². The van der Waals surface area contributed by atoms with Gasteiger partial charge in [0, 0.05) is 23.8 Å². The van der Waals surface area contributed by atoms with E-state index in [9.17, 15) is 9.59 Å². The molecule has 0 bridgehead atoms. The lowest BCUT2D eigenvalue weighted by atomic mass is 10.2. The number of aryl methyl sites for hydroxylation is 1. The number of nitrogens with one attached hydrogen (secondary N) is 2. The van der Waals surface area contributed by atoms with Crippen LogP contribution < -0.4 is 10.9 Å². The second-order valence-corrected chi connectivity index (χ2v) is 7.67. The Morgan fingerprint density at radius 3 is 2.93 bits per heavy atom. The molecule has 2 N–H and O–H groups in total. The standard InChI is InChI=1S/C21H22ClN5O2/c1-14-7-8-15(22)11-18(14)24-21(29)27-10-4-9-26(13-27)12-19-23-17-6-3-2-5-16(17)20(28)25-19/h2-3,5-8,11H,4,9-10,12-13H2,1H3,(H,24,29)(H,23,25,28). The molecule has 2 heterocycles. The van der Waals surface area contributed by atoms with Crippen LogP contribution in [0.4, 0.5) is 10.5 Å². The summed E-state index contributed by atoms with van der Waals surface area (Å²) in [6.45, 7) is 4.36. The summed E-state index contributed by atoms with van der Waals surface area (Å²) in [6.07, 6.45) is 0.847. The lowest BCUT2D eigenvalue weighted by molar-refractivity contribution is 0.103. The van der Waals surface area contributed by atoms with Gasteiger partial charge in [-0.05, 0) is 43.2 Å². The summed E-state index contributed by atoms with van der Waals surface area (Å²) < 4.78 is 0. The van der Waals surface area contributed by atoms with E-state index in [4.69, 9.17) is 11.6 Å². The van der Waals surface area contributed by atoms with E-state index in [1.807, 2.05) is 31.2 Å². The molecule has 8 heteroatoms. The molecule has 0 radical (unpaired) electrons. The molecule has 4 rings (SSSR count). The number of fused-ring (bicyclic) bond motifs is 1. The highest BCUT2D eigenvalue weighted by atomic mass is 35.5. The summed E-state index contributed by atoms with van der Waals surface area (Å²) in [4.78, 5) is 36.3. The smallest absolute Gasteiger partial charge is 0.311 e. The van der Waals surface area contributed by atoms with Gasteiger partial charge in [0.1, 0.15) is 5.82 Å². The van der Waals surface area contributed by atoms with Gasteiger partial charge in [0.2, 0.25) is 0 Å². The van der Waals surface area contributed by atoms with E-state index in [0.29, 0.717) is 47.2 Å². The van der Waals surface area contributed by atoms with Crippen LogP contribution in [-0.2, 0) is 6.54 Å². The number of rotatable bonds is 3. The predicted octanol–water partition coefficient (Wildman–Crippen LogP) is 3.58. The highest BCUT2D eigenvalue weighted by Crippen LogP contribution is 2.21. The number of hydrogen-bond donors (Lipinski definition) is 2. The Morgan fingerprint density at radius 2 is 2.07 bits per heavy atom. The third-order valence-corrected chi connectivity index (χ3v) is 5.27. The Balaban J connectivity index is 1.45. The molecule has 7 nitrogen and oxygen atoms in total. The normalized spacial score (nSPS) is 14.9. The van der Waals surface area contributed by atoms with Crippen LogP contribution in [0.3, 0.4) is 0 Å². The van der Waals surface area contributed by atoms with E-state index in [0.717, 1.165) is 18.5 Å². The van der Waals surface area contributed by atoms with Crippen molar-refractivity contribution in [3.05, 3.63) is 69.2 Å². The lowest BCUT2D eigenvalue weighted by Crippen LogP contribution is -2.48. The number of amides is 2. The largest absolute Gasteiger partial charge is 0.322 e. The summed E-state index contributed by atoms with van der Waals surface area (Å²) in [5, 5.41) is 4.10. The molecule has 0 atom stereocenters. The van der Waals surface area contributed by atoms with Gasteiger partial charge >= 0.3 is 6.03 Å². The van der Waals surface area contributed by atoms with Crippen molar-refractivity contribution in [2.45, 2.75) is 19.9 Å². The van der Waals surface area contributed by atoms with Gasteiger partial charge in [0.25, 0.3) is 5.56 Å². The van der Waals surface area contributed by atoms with Crippen molar-refractivity contribution in [3.63, 3.8) is 0 Å². The maximum atomic E-state index is 12.7. The van der Waals surface area contributed by atoms with Crippen LogP contribution >= 0.6 is 11.6 Å². The molecule has 2 aromatic carbocycles. The van der Waals surface area contributed by atoms with Gasteiger partial charge < -0.3 is 15.2 Å². The number of aromatic amines is 1. The van der Waals surface area contributed by atoms with Gasteiger partial charge in [-0.3, -0.25) is 9.69 Å². The first-order chi connectivity index (χ1) is 14.0. The van der Waals surface area contributed by atoms with Crippen LogP contribution in [-0.4, -0.2) is 45.6 Å². The van der Waals surface area contributed by atoms with Gasteiger partial charge in [0.15, 0.2) is 0 Å². The van der Waals surface area contributed by atoms with Crippen LogP contribution in [0.25, 0.3) is 10.9 Å². The minimum atomic E-state index is -0.167. The number of aromatic nitrogens is 2. The van der Waals surface area contributed by atoms with Crippen LogP contribution in [0.5, 0.6) is 0 Å². The Hall–Kier alpha value is -2.90. The van der Waals surface area contributed by atoms with Crippen LogP contribution in [0.2, 0.25) is 5.02 Å². The Morgan fingerprint density at radius 1 is 1.24 bits per heavy atom. The molecule has 0 spiro atoms. The van der Waals surface area contributed by atoms with Crippen molar-refractivity contribution in [2.75, 3.05) is 25.1 Å². The molecule has 0 unspecified atom stereocenters. The van der Waals surface area contributed by atoms with Gasteiger partial charge in [0.05, 0.1) is 24.1 Å². The zero-order valence-electron chi connectivity index (χ0n) is 16.1. The first-order valence-corrected chi connectivity index (χ1v) is 9.90. The Kier molecular flexibility index (Phi) is 5.51. The van der Waals surface area contributed by atoms with E-state index in [1.54, 1.807) is 23.1 Å². The molecule has 1 aliphatic heterocycles. The molecule has 150 valence electrons. The van der Waals surface area contributed by atoms with Crippen molar-refractivity contribution >= 4 is 34.2 Å². The summed E-state index contributed by atoms with van der Waals surface area (Å²) in [5.41, 5.74) is 2.19. The number of benzene rings is 2. The highest BCUT2D eigenvalue weighted by molar-refractivity contribution is 6.31. The van der Waals surface area contributed by atoms with Gasteiger partial charge in [-0.1, -0.05) is 29.8 Å². The molecular weight excluding hydrogens is 390 g/mol. The topological polar surface area (TPSA) is 81.3 Å². The second kappa shape index (κ2) is 8.23. The molecule has 1 aliphatic rings. The zero-order valence-corrected chi connectivity index (χ0v) is 16.9. The number of H-pyrrole nitrogens is 1. The van der Waals surface area contributed by atoms with Gasteiger partial charge in [-0.15, -0.1) is 0 Å². The molecule has 1 fully saturated rings. The highest BCUT2D eigenvalue weighted by Gasteiger charge is 2.23. The minimum Gasteiger partial charge on any atom is -0.311 e. The van der Waals surface area contributed by atoms with Crippen molar-refractivity contribution in [1.29, 1.82) is 0 Å². The Labute approximate surface area is 173 Å². The second-order valence-electron chi connectivity index (χ2n) is 7.23.